The zero-order valence-corrected chi connectivity index (χ0v) is 14.9. The first-order chi connectivity index (χ1) is 11.4. The maximum Gasteiger partial charge on any atom is 0.411 e. The van der Waals surface area contributed by atoms with Crippen LogP contribution in [-0.4, -0.2) is 19.2 Å². The minimum Gasteiger partial charge on any atom is -0.453 e. The molecule has 0 saturated heterocycles. The Labute approximate surface area is 145 Å². The molecule has 6 nitrogen and oxygen atoms in total. The highest BCUT2D eigenvalue weighted by Crippen LogP contribution is 2.26. The summed E-state index contributed by atoms with van der Waals surface area (Å²) in [6.45, 7) is 6.04. The summed E-state index contributed by atoms with van der Waals surface area (Å²) in [4.78, 5) is 25.8. The summed E-state index contributed by atoms with van der Waals surface area (Å²) >= 11 is 1.71. The Morgan fingerprint density at radius 3 is 2.38 bits per heavy atom. The van der Waals surface area contributed by atoms with Crippen LogP contribution >= 0.6 is 11.3 Å². The molecule has 3 N–H and O–H groups in total. The number of urea groups is 1. The smallest absolute Gasteiger partial charge is 0.411 e. The van der Waals surface area contributed by atoms with Gasteiger partial charge in [0.05, 0.1) is 13.2 Å². The van der Waals surface area contributed by atoms with Gasteiger partial charge in [0.1, 0.15) is 0 Å². The van der Waals surface area contributed by atoms with Gasteiger partial charge >= 0.3 is 12.1 Å². The molecule has 0 unspecified atom stereocenters. The summed E-state index contributed by atoms with van der Waals surface area (Å²) in [5.74, 6) is 0. The monoisotopic (exact) mass is 347 g/mol. The molecule has 3 amide bonds. The number of aryl methyl sites for hydroxylation is 2. The fourth-order valence-corrected chi connectivity index (χ4v) is 3.39. The predicted molar refractivity (Wildman–Crippen MR) is 96.8 cm³/mol. The quantitative estimate of drug-likeness (QED) is 0.765. The molecule has 7 heteroatoms. The number of carbonyl (C=O) groups excluding carboxylic acids is 2. The number of amides is 3. The van der Waals surface area contributed by atoms with Crippen LogP contribution in [0.1, 0.15) is 28.3 Å². The van der Waals surface area contributed by atoms with Crippen LogP contribution in [0.3, 0.4) is 0 Å². The van der Waals surface area contributed by atoms with E-state index in [1.54, 1.807) is 35.6 Å². The van der Waals surface area contributed by atoms with E-state index in [1.807, 2.05) is 20.8 Å². The van der Waals surface area contributed by atoms with Crippen molar-refractivity contribution < 1.29 is 14.3 Å². The molecule has 128 valence electrons. The van der Waals surface area contributed by atoms with E-state index in [0.717, 1.165) is 5.56 Å². The number of thiophene rings is 1. The second-order valence-corrected chi connectivity index (χ2v) is 6.85. The zero-order valence-electron chi connectivity index (χ0n) is 14.1. The van der Waals surface area contributed by atoms with Crippen molar-refractivity contribution in [1.82, 2.24) is 5.32 Å². The van der Waals surface area contributed by atoms with Crippen molar-refractivity contribution in [2.24, 2.45) is 0 Å². The molecule has 1 heterocycles. The van der Waals surface area contributed by atoms with Crippen LogP contribution in [0.15, 0.2) is 30.3 Å². The van der Waals surface area contributed by atoms with Gasteiger partial charge in [0, 0.05) is 21.1 Å². The van der Waals surface area contributed by atoms with E-state index in [0.29, 0.717) is 11.4 Å². The molecule has 1 aromatic carbocycles. The second kappa shape index (κ2) is 7.83. The third-order valence-electron chi connectivity index (χ3n) is 3.45. The minimum absolute atomic E-state index is 0.0914. The number of ether oxygens (including phenoxy) is 1. The molecular weight excluding hydrogens is 326 g/mol. The first-order valence-electron chi connectivity index (χ1n) is 7.48. The topological polar surface area (TPSA) is 79.5 Å². The lowest BCUT2D eigenvalue weighted by molar-refractivity contribution is 0.187. The van der Waals surface area contributed by atoms with Gasteiger partial charge in [0.25, 0.3) is 0 Å². The summed E-state index contributed by atoms with van der Waals surface area (Å²) in [5, 5.41) is 8.23. The van der Waals surface area contributed by atoms with Crippen molar-refractivity contribution in [1.29, 1.82) is 0 Å². The lowest BCUT2D eigenvalue weighted by Crippen LogP contribution is -2.31. The molecule has 0 radical (unpaired) electrons. The van der Waals surface area contributed by atoms with Gasteiger partial charge in [-0.05, 0) is 50.6 Å². The van der Waals surface area contributed by atoms with Gasteiger partial charge < -0.3 is 15.4 Å². The molecule has 1 atom stereocenters. The molecule has 0 aliphatic heterocycles. The molecule has 2 rings (SSSR count). The third-order valence-corrected chi connectivity index (χ3v) is 4.43. The summed E-state index contributed by atoms with van der Waals surface area (Å²) < 4.78 is 4.54. The average Bonchev–Trinajstić information content (AvgIpc) is 2.86. The van der Waals surface area contributed by atoms with Gasteiger partial charge in [-0.15, -0.1) is 11.3 Å². The Balaban J connectivity index is 1.98. The lowest BCUT2D eigenvalue weighted by atomic mass is 10.1. The van der Waals surface area contributed by atoms with Gasteiger partial charge in [-0.1, -0.05) is 6.07 Å². The van der Waals surface area contributed by atoms with E-state index < -0.39 is 6.09 Å². The minimum atomic E-state index is -0.562. The number of carbonyl (C=O) groups is 2. The third kappa shape index (κ3) is 4.73. The van der Waals surface area contributed by atoms with Crippen LogP contribution in [-0.2, 0) is 4.74 Å². The van der Waals surface area contributed by atoms with Crippen LogP contribution in [0.2, 0.25) is 0 Å². The van der Waals surface area contributed by atoms with Gasteiger partial charge in [-0.2, -0.15) is 0 Å². The van der Waals surface area contributed by atoms with E-state index in [9.17, 15) is 9.59 Å². The Hall–Kier alpha value is -2.54. The number of nitrogens with one attached hydrogen (secondary N) is 3. The van der Waals surface area contributed by atoms with Crippen LogP contribution < -0.4 is 16.0 Å². The van der Waals surface area contributed by atoms with E-state index >= 15 is 0 Å². The lowest BCUT2D eigenvalue weighted by Gasteiger charge is -2.15. The fourth-order valence-electron chi connectivity index (χ4n) is 2.37. The number of anilines is 2. The molecule has 24 heavy (non-hydrogen) atoms. The van der Waals surface area contributed by atoms with Crippen molar-refractivity contribution in [3.8, 4) is 0 Å². The number of hydrogen-bond donors (Lipinski definition) is 3. The van der Waals surface area contributed by atoms with Gasteiger partial charge in [-0.3, -0.25) is 5.32 Å². The van der Waals surface area contributed by atoms with Crippen LogP contribution in [0.25, 0.3) is 0 Å². The summed E-state index contributed by atoms with van der Waals surface area (Å²) in [7, 11) is 1.29. The van der Waals surface area contributed by atoms with E-state index in [4.69, 9.17) is 0 Å². The average molecular weight is 347 g/mol. The number of hydrogen-bond acceptors (Lipinski definition) is 4. The first-order valence-corrected chi connectivity index (χ1v) is 8.30. The summed E-state index contributed by atoms with van der Waals surface area (Å²) in [6.07, 6.45) is -0.562. The molecular formula is C17H21N3O3S. The van der Waals surface area contributed by atoms with Crippen LogP contribution in [0, 0.1) is 13.8 Å². The Morgan fingerprint density at radius 1 is 1.12 bits per heavy atom. The van der Waals surface area contributed by atoms with E-state index in [2.05, 4.69) is 26.8 Å². The molecule has 0 aliphatic carbocycles. The highest BCUT2D eigenvalue weighted by atomic mass is 32.1. The standard InChI is InChI=1S/C17H21N3O3S/c1-10-8-15(12(3)24-10)11(2)18-16(21)19-13-6-5-7-14(9-13)20-17(22)23-4/h5-9,11H,1-4H3,(H,20,22)(H2,18,19,21)/t11-/m0/s1. The number of rotatable bonds is 4. The highest BCUT2D eigenvalue weighted by Gasteiger charge is 2.14. The number of methoxy groups -OCH3 is 1. The van der Waals surface area contributed by atoms with Crippen LogP contribution in [0.5, 0.6) is 0 Å². The van der Waals surface area contributed by atoms with Crippen LogP contribution in [0.4, 0.5) is 21.0 Å². The maximum absolute atomic E-state index is 12.2. The molecule has 0 bridgehead atoms. The second-order valence-electron chi connectivity index (χ2n) is 5.39. The van der Waals surface area contributed by atoms with Crippen molar-refractivity contribution in [2.75, 3.05) is 17.7 Å². The molecule has 1 aromatic heterocycles. The molecule has 0 saturated carbocycles. The Kier molecular flexibility index (Phi) is 5.81. The molecule has 0 aliphatic rings. The largest absolute Gasteiger partial charge is 0.453 e. The number of benzene rings is 1. The van der Waals surface area contributed by atoms with Gasteiger partial charge in [0.2, 0.25) is 0 Å². The molecule has 2 aromatic rings. The van der Waals surface area contributed by atoms with Crippen molar-refractivity contribution >= 4 is 34.8 Å². The van der Waals surface area contributed by atoms with Crippen molar-refractivity contribution in [2.45, 2.75) is 26.8 Å². The van der Waals surface area contributed by atoms with E-state index in [1.165, 1.54) is 16.9 Å². The summed E-state index contributed by atoms with van der Waals surface area (Å²) in [6, 6.07) is 8.53. The molecule has 0 fully saturated rings. The van der Waals surface area contributed by atoms with Gasteiger partial charge in [0.15, 0.2) is 0 Å². The van der Waals surface area contributed by atoms with Crippen molar-refractivity contribution in [3.63, 3.8) is 0 Å². The zero-order chi connectivity index (χ0) is 17.7. The maximum atomic E-state index is 12.2. The highest BCUT2D eigenvalue weighted by molar-refractivity contribution is 7.12. The molecule has 0 spiro atoms. The Bertz CT molecular complexity index is 742. The van der Waals surface area contributed by atoms with Gasteiger partial charge in [-0.25, -0.2) is 9.59 Å². The fraction of sp³-hybridized carbons (Fsp3) is 0.294. The normalized spacial score (nSPS) is 11.5. The SMILES string of the molecule is COC(=O)Nc1cccc(NC(=O)N[C@@H](C)c2cc(C)sc2C)c1. The predicted octanol–water partition coefficient (Wildman–Crippen LogP) is 4.43. The van der Waals surface area contributed by atoms with E-state index in [-0.39, 0.29) is 12.1 Å². The first kappa shape index (κ1) is 17.8. The Morgan fingerprint density at radius 2 is 1.79 bits per heavy atom. The summed E-state index contributed by atoms with van der Waals surface area (Å²) in [5.41, 5.74) is 2.23. The van der Waals surface area contributed by atoms with Crippen molar-refractivity contribution in [3.05, 3.63) is 45.6 Å².